The molecule has 7 heteroatoms. The lowest BCUT2D eigenvalue weighted by atomic mass is 9.99. The van der Waals surface area contributed by atoms with Crippen LogP contribution in [-0.2, 0) is 9.53 Å². The number of Topliss-reactive ketones (excluding diaryl/α,β-unsaturated/α-hetero) is 1. The molecule has 1 heterocycles. The Hall–Kier alpha value is -3.35. The van der Waals surface area contributed by atoms with Crippen LogP contribution in [0.4, 0.5) is 5.69 Å². The summed E-state index contributed by atoms with van der Waals surface area (Å²) in [7, 11) is 0. The molecule has 1 aliphatic rings. The molecule has 7 nitrogen and oxygen atoms in total. The van der Waals surface area contributed by atoms with Crippen LogP contribution in [0.15, 0.2) is 36.4 Å². The first-order valence-corrected chi connectivity index (χ1v) is 10.5. The van der Waals surface area contributed by atoms with Gasteiger partial charge in [-0.2, -0.15) is 0 Å². The van der Waals surface area contributed by atoms with Gasteiger partial charge < -0.3 is 19.5 Å². The second-order valence-electron chi connectivity index (χ2n) is 7.37. The molecule has 164 valence electrons. The third-order valence-corrected chi connectivity index (χ3v) is 4.93. The van der Waals surface area contributed by atoms with E-state index in [2.05, 4.69) is 5.32 Å². The minimum Gasteiger partial charge on any atom is -0.490 e. The number of hydrogen-bond acceptors (Lipinski definition) is 6. The Bertz CT molecular complexity index is 984. The van der Waals surface area contributed by atoms with Crippen molar-refractivity contribution in [3.8, 4) is 11.5 Å². The molecule has 0 saturated heterocycles. The second kappa shape index (κ2) is 10.1. The standard InChI is InChI=1S/C24H27NO6/c1-4-10-29-21-9-7-17(13-22(21)30-11-5-2)24(28)31-14-20(26)16-6-8-19-18(12-16)15(3)23(27)25-19/h6-9,12-13,15H,4-5,10-11,14H2,1-3H3,(H,25,27)/t15-/m0/s1. The van der Waals surface area contributed by atoms with Gasteiger partial charge in [-0.05, 0) is 61.7 Å². The van der Waals surface area contributed by atoms with Gasteiger partial charge in [-0.15, -0.1) is 0 Å². The monoisotopic (exact) mass is 425 g/mol. The first-order valence-electron chi connectivity index (χ1n) is 10.5. The molecule has 1 amide bonds. The zero-order valence-corrected chi connectivity index (χ0v) is 18.0. The maximum atomic E-state index is 12.5. The van der Waals surface area contributed by atoms with Gasteiger partial charge >= 0.3 is 5.97 Å². The maximum absolute atomic E-state index is 12.5. The van der Waals surface area contributed by atoms with Crippen LogP contribution in [0.5, 0.6) is 11.5 Å². The Morgan fingerprint density at radius 2 is 1.61 bits per heavy atom. The van der Waals surface area contributed by atoms with E-state index in [1.807, 2.05) is 13.8 Å². The Kier molecular flexibility index (Phi) is 7.28. The molecule has 1 aliphatic heterocycles. The zero-order chi connectivity index (χ0) is 22.4. The summed E-state index contributed by atoms with van der Waals surface area (Å²) in [5, 5.41) is 2.76. The van der Waals surface area contributed by atoms with Crippen LogP contribution in [0, 0.1) is 0 Å². The van der Waals surface area contributed by atoms with Gasteiger partial charge in [0, 0.05) is 11.3 Å². The van der Waals surface area contributed by atoms with Crippen LogP contribution in [0.25, 0.3) is 0 Å². The average molecular weight is 425 g/mol. The Morgan fingerprint density at radius 1 is 0.935 bits per heavy atom. The molecular formula is C24H27NO6. The molecule has 1 atom stereocenters. The SMILES string of the molecule is CCCOc1ccc(C(=O)OCC(=O)c2ccc3c(c2)[C@H](C)C(=O)N3)cc1OCCC. The van der Waals surface area contributed by atoms with Crippen molar-refractivity contribution >= 4 is 23.3 Å². The van der Waals surface area contributed by atoms with Gasteiger partial charge in [-0.1, -0.05) is 13.8 Å². The predicted octanol–water partition coefficient (Wildman–Crippen LogP) is 4.36. The van der Waals surface area contributed by atoms with Gasteiger partial charge in [-0.25, -0.2) is 4.79 Å². The van der Waals surface area contributed by atoms with Crippen molar-refractivity contribution in [2.75, 3.05) is 25.1 Å². The fourth-order valence-electron chi connectivity index (χ4n) is 3.18. The summed E-state index contributed by atoms with van der Waals surface area (Å²) in [5.74, 6) is -0.339. The lowest BCUT2D eigenvalue weighted by Crippen LogP contribution is -2.15. The number of carbonyl (C=O) groups excluding carboxylic acids is 3. The van der Waals surface area contributed by atoms with Gasteiger partial charge in [0.05, 0.1) is 24.7 Å². The number of ketones is 1. The highest BCUT2D eigenvalue weighted by molar-refractivity contribution is 6.05. The van der Waals surface area contributed by atoms with Gasteiger partial charge in [-0.3, -0.25) is 9.59 Å². The highest BCUT2D eigenvalue weighted by Gasteiger charge is 2.27. The van der Waals surface area contributed by atoms with E-state index in [0.29, 0.717) is 36.0 Å². The number of fused-ring (bicyclic) bond motifs is 1. The third-order valence-electron chi connectivity index (χ3n) is 4.93. The van der Waals surface area contributed by atoms with Crippen molar-refractivity contribution < 1.29 is 28.6 Å². The molecule has 3 rings (SSSR count). The van der Waals surface area contributed by atoms with Crippen molar-refractivity contribution in [1.29, 1.82) is 0 Å². The molecule has 2 aromatic carbocycles. The number of benzene rings is 2. The third kappa shape index (κ3) is 5.23. The van der Waals surface area contributed by atoms with Crippen molar-refractivity contribution in [3.05, 3.63) is 53.1 Å². The summed E-state index contributed by atoms with van der Waals surface area (Å²) in [6, 6.07) is 9.81. The molecule has 0 aromatic heterocycles. The van der Waals surface area contributed by atoms with E-state index < -0.39 is 12.6 Å². The molecule has 2 aromatic rings. The number of anilines is 1. The summed E-state index contributed by atoms with van der Waals surface area (Å²) in [5.41, 5.74) is 2.14. The molecule has 0 fully saturated rings. The predicted molar refractivity (Wildman–Crippen MR) is 116 cm³/mol. The van der Waals surface area contributed by atoms with E-state index in [1.54, 1.807) is 43.3 Å². The quantitative estimate of drug-likeness (QED) is 0.449. The summed E-state index contributed by atoms with van der Waals surface area (Å²) < 4.78 is 16.6. The lowest BCUT2D eigenvalue weighted by molar-refractivity contribution is -0.116. The van der Waals surface area contributed by atoms with E-state index in [-0.39, 0.29) is 23.2 Å². The Morgan fingerprint density at radius 3 is 2.32 bits per heavy atom. The molecule has 0 unspecified atom stereocenters. The molecule has 31 heavy (non-hydrogen) atoms. The number of rotatable bonds is 10. The van der Waals surface area contributed by atoms with Crippen LogP contribution in [-0.4, -0.2) is 37.5 Å². The topological polar surface area (TPSA) is 90.9 Å². The largest absolute Gasteiger partial charge is 0.490 e. The van der Waals surface area contributed by atoms with Crippen LogP contribution in [0.2, 0.25) is 0 Å². The van der Waals surface area contributed by atoms with Crippen LogP contribution in [0.1, 0.15) is 65.8 Å². The van der Waals surface area contributed by atoms with Crippen molar-refractivity contribution in [2.45, 2.75) is 39.5 Å². The molecular weight excluding hydrogens is 398 g/mol. The highest BCUT2D eigenvalue weighted by Crippen LogP contribution is 2.33. The number of esters is 1. The fraction of sp³-hybridized carbons (Fsp3) is 0.375. The first kappa shape index (κ1) is 22.3. The summed E-state index contributed by atoms with van der Waals surface area (Å²) >= 11 is 0. The maximum Gasteiger partial charge on any atom is 0.338 e. The van der Waals surface area contributed by atoms with Crippen molar-refractivity contribution in [3.63, 3.8) is 0 Å². The van der Waals surface area contributed by atoms with E-state index in [4.69, 9.17) is 14.2 Å². The molecule has 1 N–H and O–H groups in total. The van der Waals surface area contributed by atoms with Gasteiger partial charge in [0.2, 0.25) is 5.91 Å². The normalized spacial score (nSPS) is 14.5. The highest BCUT2D eigenvalue weighted by atomic mass is 16.5. The molecule has 0 radical (unpaired) electrons. The number of carbonyl (C=O) groups is 3. The van der Waals surface area contributed by atoms with Gasteiger partial charge in [0.1, 0.15) is 0 Å². The molecule has 0 saturated carbocycles. The smallest absolute Gasteiger partial charge is 0.338 e. The number of amides is 1. The molecule has 0 aliphatic carbocycles. The summed E-state index contributed by atoms with van der Waals surface area (Å²) in [6.07, 6.45) is 1.67. The zero-order valence-electron chi connectivity index (χ0n) is 18.0. The van der Waals surface area contributed by atoms with E-state index >= 15 is 0 Å². The van der Waals surface area contributed by atoms with Crippen LogP contribution >= 0.6 is 0 Å². The van der Waals surface area contributed by atoms with Crippen LogP contribution in [0.3, 0.4) is 0 Å². The number of nitrogens with one attached hydrogen (secondary N) is 1. The first-order chi connectivity index (χ1) is 14.9. The van der Waals surface area contributed by atoms with Crippen LogP contribution < -0.4 is 14.8 Å². The molecule has 0 spiro atoms. The molecule has 0 bridgehead atoms. The number of hydrogen-bond donors (Lipinski definition) is 1. The second-order valence-corrected chi connectivity index (χ2v) is 7.37. The van der Waals surface area contributed by atoms with Crippen molar-refractivity contribution in [1.82, 2.24) is 0 Å². The van der Waals surface area contributed by atoms with Gasteiger partial charge in [0.25, 0.3) is 0 Å². The fourth-order valence-corrected chi connectivity index (χ4v) is 3.18. The minimum absolute atomic E-state index is 0.0986. The van der Waals surface area contributed by atoms with E-state index in [9.17, 15) is 14.4 Å². The average Bonchev–Trinajstić information content (AvgIpc) is 3.07. The Labute approximate surface area is 181 Å². The van der Waals surface area contributed by atoms with E-state index in [1.165, 1.54) is 0 Å². The number of ether oxygens (including phenoxy) is 3. The van der Waals surface area contributed by atoms with Gasteiger partial charge in [0.15, 0.2) is 23.9 Å². The summed E-state index contributed by atoms with van der Waals surface area (Å²) in [6.45, 7) is 6.41. The lowest BCUT2D eigenvalue weighted by Gasteiger charge is -2.13. The Balaban J connectivity index is 1.66. The van der Waals surface area contributed by atoms with Crippen molar-refractivity contribution in [2.24, 2.45) is 0 Å². The van der Waals surface area contributed by atoms with E-state index in [0.717, 1.165) is 18.4 Å². The summed E-state index contributed by atoms with van der Waals surface area (Å²) in [4.78, 5) is 36.8. The minimum atomic E-state index is -0.622.